The highest BCUT2D eigenvalue weighted by atomic mass is 19.4. The quantitative estimate of drug-likeness (QED) is 0.144. The van der Waals surface area contributed by atoms with Crippen molar-refractivity contribution in [3.05, 3.63) is 132 Å². The summed E-state index contributed by atoms with van der Waals surface area (Å²) in [7, 11) is 0. The molecule has 0 fully saturated rings. The van der Waals surface area contributed by atoms with Gasteiger partial charge in [0.2, 0.25) is 0 Å². The standard InChI is InChI=1S/C36H20F6/c37-35(38,39)27-14-16-30-31(19-27)33(25-11-9-21-5-1-3-7-23(21)17-25)29-15-13-28(36(40,41)42)20-32(29)34(30)26-12-10-22-6-2-4-8-24(22)18-26/h1-20H. The number of benzene rings is 7. The van der Waals surface area contributed by atoms with Crippen molar-refractivity contribution in [3.63, 3.8) is 0 Å². The average molecular weight is 567 g/mol. The maximum absolute atomic E-state index is 14.0. The van der Waals surface area contributed by atoms with Crippen LogP contribution in [0.4, 0.5) is 26.3 Å². The lowest BCUT2D eigenvalue weighted by Gasteiger charge is -2.20. The second-order valence-electron chi connectivity index (χ2n) is 10.4. The largest absolute Gasteiger partial charge is 0.416 e. The van der Waals surface area contributed by atoms with Crippen LogP contribution in [-0.2, 0) is 12.4 Å². The van der Waals surface area contributed by atoms with E-state index in [0.717, 1.165) is 45.8 Å². The summed E-state index contributed by atoms with van der Waals surface area (Å²) in [6.45, 7) is 0. The van der Waals surface area contributed by atoms with E-state index in [1.807, 2.05) is 84.9 Å². The molecule has 0 bridgehead atoms. The maximum atomic E-state index is 14.0. The second kappa shape index (κ2) is 9.35. The van der Waals surface area contributed by atoms with E-state index in [1.54, 1.807) is 0 Å². The van der Waals surface area contributed by atoms with Crippen molar-refractivity contribution in [2.45, 2.75) is 12.4 Å². The molecule has 42 heavy (non-hydrogen) atoms. The Morgan fingerprint density at radius 3 is 1.10 bits per heavy atom. The molecule has 0 radical (unpaired) electrons. The molecule has 0 amide bonds. The molecule has 0 aliphatic heterocycles. The number of halogens is 6. The Balaban J connectivity index is 1.67. The first-order chi connectivity index (χ1) is 20.1. The normalized spacial score (nSPS) is 12.5. The lowest BCUT2D eigenvalue weighted by Crippen LogP contribution is -2.06. The van der Waals surface area contributed by atoms with Crippen LogP contribution >= 0.6 is 0 Å². The van der Waals surface area contributed by atoms with Gasteiger partial charge >= 0.3 is 12.4 Å². The van der Waals surface area contributed by atoms with Gasteiger partial charge in [-0.2, -0.15) is 26.3 Å². The van der Waals surface area contributed by atoms with E-state index in [-0.39, 0.29) is 0 Å². The molecule has 0 atom stereocenters. The maximum Gasteiger partial charge on any atom is 0.416 e. The average Bonchev–Trinajstić information content (AvgIpc) is 2.98. The van der Waals surface area contributed by atoms with Crippen molar-refractivity contribution in [1.82, 2.24) is 0 Å². The topological polar surface area (TPSA) is 0 Å². The molecule has 0 unspecified atom stereocenters. The van der Waals surface area contributed by atoms with Gasteiger partial charge in [0.25, 0.3) is 0 Å². The molecule has 0 heterocycles. The predicted octanol–water partition coefficient (Wildman–Crippen LogP) is 11.7. The Kier molecular flexibility index (Phi) is 5.80. The zero-order chi connectivity index (χ0) is 29.2. The van der Waals surface area contributed by atoms with Crippen LogP contribution in [0, 0.1) is 0 Å². The monoisotopic (exact) mass is 566 g/mol. The minimum Gasteiger partial charge on any atom is -0.166 e. The van der Waals surface area contributed by atoms with Gasteiger partial charge in [0.15, 0.2) is 0 Å². The number of rotatable bonds is 2. The zero-order valence-corrected chi connectivity index (χ0v) is 21.8. The molecule has 0 spiro atoms. The van der Waals surface area contributed by atoms with Gasteiger partial charge in [0.05, 0.1) is 11.1 Å². The highest BCUT2D eigenvalue weighted by Gasteiger charge is 2.33. The summed E-state index contributed by atoms with van der Waals surface area (Å²) in [4.78, 5) is 0. The Hall–Kier alpha value is -4.84. The summed E-state index contributed by atoms with van der Waals surface area (Å²) in [6.07, 6.45) is -9.21. The first-order valence-electron chi connectivity index (χ1n) is 13.2. The van der Waals surface area contributed by atoms with Gasteiger partial charge in [0, 0.05) is 0 Å². The summed E-state index contributed by atoms with van der Waals surface area (Å²) in [5.41, 5.74) is 0.492. The third-order valence-electron chi connectivity index (χ3n) is 7.85. The molecule has 0 nitrogen and oxygen atoms in total. The fourth-order valence-corrected chi connectivity index (χ4v) is 5.89. The van der Waals surface area contributed by atoms with E-state index in [1.165, 1.54) is 12.1 Å². The number of fused-ring (bicyclic) bond motifs is 4. The molecule has 0 aliphatic rings. The zero-order valence-electron chi connectivity index (χ0n) is 21.8. The van der Waals surface area contributed by atoms with Gasteiger partial charge in [-0.3, -0.25) is 0 Å². The Bertz CT molecular complexity index is 2010. The molecule has 0 aliphatic carbocycles. The first-order valence-corrected chi connectivity index (χ1v) is 13.2. The molecule has 206 valence electrons. The molecular weight excluding hydrogens is 546 g/mol. The lowest BCUT2D eigenvalue weighted by atomic mass is 9.84. The van der Waals surface area contributed by atoms with Gasteiger partial charge in [-0.15, -0.1) is 0 Å². The van der Waals surface area contributed by atoms with Crippen molar-refractivity contribution < 1.29 is 26.3 Å². The van der Waals surface area contributed by atoms with E-state index in [9.17, 15) is 26.3 Å². The molecule has 0 aromatic heterocycles. The van der Waals surface area contributed by atoms with Crippen molar-refractivity contribution in [1.29, 1.82) is 0 Å². The molecule has 0 N–H and O–H groups in total. The van der Waals surface area contributed by atoms with E-state index >= 15 is 0 Å². The van der Waals surface area contributed by atoms with Crippen LogP contribution in [-0.4, -0.2) is 0 Å². The Labute approximate surface area is 236 Å². The van der Waals surface area contributed by atoms with E-state index < -0.39 is 23.5 Å². The van der Waals surface area contributed by atoms with Crippen LogP contribution in [0.5, 0.6) is 0 Å². The van der Waals surface area contributed by atoms with Gasteiger partial charge < -0.3 is 0 Å². The minimum absolute atomic E-state index is 0.315. The van der Waals surface area contributed by atoms with Crippen LogP contribution in [0.2, 0.25) is 0 Å². The molecule has 7 aromatic carbocycles. The second-order valence-corrected chi connectivity index (χ2v) is 10.4. The van der Waals surface area contributed by atoms with Crippen LogP contribution in [0.25, 0.3) is 65.3 Å². The predicted molar refractivity (Wildman–Crippen MR) is 157 cm³/mol. The Morgan fingerprint density at radius 2 is 0.714 bits per heavy atom. The van der Waals surface area contributed by atoms with Gasteiger partial charge in [-0.1, -0.05) is 84.9 Å². The third kappa shape index (κ3) is 4.35. The smallest absolute Gasteiger partial charge is 0.166 e. The molecular formula is C36H20F6. The van der Waals surface area contributed by atoms with Crippen molar-refractivity contribution in [2.75, 3.05) is 0 Å². The lowest BCUT2D eigenvalue weighted by molar-refractivity contribution is -0.138. The molecule has 7 aromatic rings. The summed E-state index contributed by atoms with van der Waals surface area (Å²) in [5.74, 6) is 0. The summed E-state index contributed by atoms with van der Waals surface area (Å²) in [6, 6.07) is 33.2. The highest BCUT2D eigenvalue weighted by Crippen LogP contribution is 2.47. The van der Waals surface area contributed by atoms with Crippen LogP contribution in [0.3, 0.4) is 0 Å². The third-order valence-corrected chi connectivity index (χ3v) is 7.85. The Morgan fingerprint density at radius 1 is 0.333 bits per heavy atom. The first kappa shape index (κ1) is 26.1. The van der Waals surface area contributed by atoms with E-state index in [0.29, 0.717) is 43.8 Å². The number of hydrogen-bond donors (Lipinski definition) is 0. The number of alkyl halides is 6. The highest BCUT2D eigenvalue weighted by molar-refractivity contribution is 6.22. The molecule has 6 heteroatoms. The van der Waals surface area contributed by atoms with Crippen molar-refractivity contribution in [2.24, 2.45) is 0 Å². The van der Waals surface area contributed by atoms with E-state index in [4.69, 9.17) is 0 Å². The van der Waals surface area contributed by atoms with Crippen molar-refractivity contribution in [3.8, 4) is 22.3 Å². The van der Waals surface area contributed by atoms with E-state index in [2.05, 4.69) is 0 Å². The van der Waals surface area contributed by atoms with Crippen LogP contribution < -0.4 is 0 Å². The van der Waals surface area contributed by atoms with Gasteiger partial charge in [-0.05, 0) is 102 Å². The fraction of sp³-hybridized carbons (Fsp3) is 0.0556. The minimum atomic E-state index is -4.60. The SMILES string of the molecule is FC(F)(F)c1ccc2c(-c3ccc4ccccc4c3)c3cc(C(F)(F)F)ccc3c(-c3ccc4ccccc4c3)c2c1. The summed E-state index contributed by atoms with van der Waals surface area (Å²) < 4.78 is 84.2. The molecule has 0 saturated carbocycles. The van der Waals surface area contributed by atoms with Gasteiger partial charge in [0.1, 0.15) is 0 Å². The van der Waals surface area contributed by atoms with Crippen molar-refractivity contribution >= 4 is 43.1 Å². The molecule has 0 saturated heterocycles. The summed E-state index contributed by atoms with van der Waals surface area (Å²) in [5, 5.41) is 5.13. The number of hydrogen-bond acceptors (Lipinski definition) is 0. The van der Waals surface area contributed by atoms with Crippen LogP contribution in [0.15, 0.2) is 121 Å². The van der Waals surface area contributed by atoms with Crippen LogP contribution in [0.1, 0.15) is 11.1 Å². The molecule has 7 rings (SSSR count). The fourth-order valence-electron chi connectivity index (χ4n) is 5.89. The van der Waals surface area contributed by atoms with Gasteiger partial charge in [-0.25, -0.2) is 0 Å². The summed E-state index contributed by atoms with van der Waals surface area (Å²) >= 11 is 0.